The lowest BCUT2D eigenvalue weighted by molar-refractivity contribution is -0.155. The number of carboxylic acid groups (broad SMARTS) is 1. The molecule has 0 aromatic rings. The highest BCUT2D eigenvalue weighted by molar-refractivity contribution is 5.82. The highest BCUT2D eigenvalue weighted by Crippen LogP contribution is 2.25. The number of nitrogens with zero attached hydrogens (tertiary/aromatic N) is 1. The van der Waals surface area contributed by atoms with Crippen molar-refractivity contribution in [3.63, 3.8) is 0 Å². The summed E-state index contributed by atoms with van der Waals surface area (Å²) >= 11 is 0. The Morgan fingerprint density at radius 1 is 1.21 bits per heavy atom. The van der Waals surface area contributed by atoms with Crippen molar-refractivity contribution in [3.05, 3.63) is 0 Å². The van der Waals surface area contributed by atoms with Crippen molar-refractivity contribution in [2.75, 3.05) is 19.7 Å². The van der Waals surface area contributed by atoms with Crippen LogP contribution >= 0.6 is 0 Å². The van der Waals surface area contributed by atoms with Gasteiger partial charge < -0.3 is 19.8 Å². The first-order valence-corrected chi connectivity index (χ1v) is 6.89. The van der Waals surface area contributed by atoms with E-state index in [2.05, 4.69) is 0 Å². The Kier molecular flexibility index (Phi) is 4.76. The van der Waals surface area contributed by atoms with Gasteiger partial charge in [0, 0.05) is 19.7 Å². The number of likely N-dealkylation sites (tertiary alicyclic amines) is 1. The van der Waals surface area contributed by atoms with Gasteiger partial charge in [-0.15, -0.1) is 0 Å². The van der Waals surface area contributed by atoms with Crippen LogP contribution in [0.25, 0.3) is 0 Å². The summed E-state index contributed by atoms with van der Waals surface area (Å²) in [6.45, 7) is 1.50. The van der Waals surface area contributed by atoms with E-state index in [-0.39, 0.29) is 12.5 Å². The van der Waals surface area contributed by atoms with Gasteiger partial charge in [0.05, 0.1) is 0 Å². The van der Waals surface area contributed by atoms with E-state index in [1.807, 2.05) is 0 Å². The minimum absolute atomic E-state index is 0.0913. The molecule has 2 heterocycles. The molecule has 0 aromatic heterocycles. The molecule has 6 nitrogen and oxygen atoms in total. The minimum atomic E-state index is -0.993. The number of ether oxygens (including phenoxy) is 1. The van der Waals surface area contributed by atoms with Gasteiger partial charge in [0.2, 0.25) is 0 Å². The van der Waals surface area contributed by atoms with Gasteiger partial charge in [0.15, 0.2) is 6.10 Å². The van der Waals surface area contributed by atoms with Gasteiger partial charge in [-0.2, -0.15) is 0 Å². The Balaban J connectivity index is 1.87. The Bertz CT molecular complexity index is 344. The Labute approximate surface area is 112 Å². The van der Waals surface area contributed by atoms with Crippen LogP contribution in [0.15, 0.2) is 0 Å². The van der Waals surface area contributed by atoms with Crippen LogP contribution in [0, 0.1) is 5.92 Å². The van der Waals surface area contributed by atoms with Crippen molar-refractivity contribution >= 4 is 11.9 Å². The fourth-order valence-corrected chi connectivity index (χ4v) is 2.89. The second-order valence-corrected chi connectivity index (χ2v) is 5.33. The fraction of sp³-hybridized carbons (Fsp3) is 0.846. The number of amides is 1. The Hall–Kier alpha value is -1.14. The molecule has 1 amide bonds. The van der Waals surface area contributed by atoms with Crippen LogP contribution in [0.4, 0.5) is 0 Å². The lowest BCUT2D eigenvalue weighted by Gasteiger charge is -2.34. The first-order valence-electron chi connectivity index (χ1n) is 6.89. The number of aliphatic hydroxyl groups is 1. The van der Waals surface area contributed by atoms with E-state index in [1.165, 1.54) is 0 Å². The van der Waals surface area contributed by atoms with Gasteiger partial charge in [-0.1, -0.05) is 0 Å². The van der Waals surface area contributed by atoms with Gasteiger partial charge in [0.1, 0.15) is 6.10 Å². The van der Waals surface area contributed by atoms with E-state index < -0.39 is 18.2 Å². The van der Waals surface area contributed by atoms with Crippen LogP contribution < -0.4 is 0 Å². The highest BCUT2D eigenvalue weighted by Gasteiger charge is 2.37. The standard InChI is InChI=1S/C13H21NO5/c15-7-5-9-2-1-6-14(8-9)12(16)10-3-4-11(19-10)13(17)18/h9-11,15H,1-8H2,(H,17,18). The summed E-state index contributed by atoms with van der Waals surface area (Å²) in [5.74, 6) is -0.738. The lowest BCUT2D eigenvalue weighted by atomic mass is 9.94. The van der Waals surface area contributed by atoms with E-state index in [1.54, 1.807) is 4.90 Å². The van der Waals surface area contributed by atoms with Crippen LogP contribution in [0.2, 0.25) is 0 Å². The molecule has 19 heavy (non-hydrogen) atoms. The van der Waals surface area contributed by atoms with Crippen molar-refractivity contribution in [3.8, 4) is 0 Å². The van der Waals surface area contributed by atoms with Crippen LogP contribution in [0.3, 0.4) is 0 Å². The molecule has 2 saturated heterocycles. The molecular formula is C13H21NO5. The third kappa shape index (κ3) is 3.45. The molecule has 0 aromatic carbocycles. The molecule has 2 aliphatic heterocycles. The summed E-state index contributed by atoms with van der Waals surface area (Å²) in [4.78, 5) is 24.8. The van der Waals surface area contributed by atoms with Gasteiger partial charge >= 0.3 is 5.97 Å². The lowest BCUT2D eigenvalue weighted by Crippen LogP contribution is -2.45. The topological polar surface area (TPSA) is 87.1 Å². The molecule has 2 fully saturated rings. The maximum atomic E-state index is 12.3. The molecule has 0 saturated carbocycles. The molecule has 3 unspecified atom stereocenters. The second kappa shape index (κ2) is 6.34. The summed E-state index contributed by atoms with van der Waals surface area (Å²) in [6.07, 6.45) is 2.13. The second-order valence-electron chi connectivity index (χ2n) is 5.33. The summed E-state index contributed by atoms with van der Waals surface area (Å²) in [5.41, 5.74) is 0. The van der Waals surface area contributed by atoms with Crippen molar-refractivity contribution in [2.24, 2.45) is 5.92 Å². The van der Waals surface area contributed by atoms with E-state index >= 15 is 0 Å². The largest absolute Gasteiger partial charge is 0.479 e. The molecule has 2 aliphatic rings. The third-order valence-electron chi connectivity index (χ3n) is 3.94. The number of aliphatic hydroxyl groups excluding tert-OH is 1. The highest BCUT2D eigenvalue weighted by atomic mass is 16.5. The summed E-state index contributed by atoms with van der Waals surface area (Å²) in [5, 5.41) is 17.8. The number of carbonyl (C=O) groups is 2. The van der Waals surface area contributed by atoms with Gasteiger partial charge in [-0.25, -0.2) is 4.79 Å². The zero-order chi connectivity index (χ0) is 13.8. The molecule has 3 atom stereocenters. The van der Waals surface area contributed by atoms with Crippen molar-refractivity contribution in [1.82, 2.24) is 4.90 Å². The number of piperidine rings is 1. The zero-order valence-electron chi connectivity index (χ0n) is 11.0. The number of hydrogen-bond donors (Lipinski definition) is 2. The smallest absolute Gasteiger partial charge is 0.332 e. The SMILES string of the molecule is O=C(O)C1CCC(C(=O)N2CCCC(CCO)C2)O1. The summed E-state index contributed by atoms with van der Waals surface area (Å²) in [6, 6.07) is 0. The summed E-state index contributed by atoms with van der Waals surface area (Å²) in [7, 11) is 0. The predicted molar refractivity (Wildman–Crippen MR) is 66.5 cm³/mol. The molecule has 108 valence electrons. The third-order valence-corrected chi connectivity index (χ3v) is 3.94. The summed E-state index contributed by atoms with van der Waals surface area (Å²) < 4.78 is 5.29. The number of carboxylic acids is 1. The van der Waals surface area contributed by atoms with Crippen LogP contribution in [-0.4, -0.2) is 58.9 Å². The Morgan fingerprint density at radius 2 is 1.95 bits per heavy atom. The van der Waals surface area contributed by atoms with Crippen molar-refractivity contribution in [2.45, 2.75) is 44.3 Å². The molecular weight excluding hydrogens is 250 g/mol. The quantitative estimate of drug-likeness (QED) is 0.765. The molecule has 0 radical (unpaired) electrons. The first-order chi connectivity index (χ1) is 9.11. The molecule has 2 N–H and O–H groups in total. The van der Waals surface area contributed by atoms with Crippen molar-refractivity contribution in [1.29, 1.82) is 0 Å². The normalized spacial score (nSPS) is 31.4. The van der Waals surface area contributed by atoms with E-state index in [0.717, 1.165) is 12.8 Å². The number of hydrogen-bond acceptors (Lipinski definition) is 4. The van der Waals surface area contributed by atoms with E-state index in [0.29, 0.717) is 38.3 Å². The monoisotopic (exact) mass is 271 g/mol. The molecule has 0 bridgehead atoms. The van der Waals surface area contributed by atoms with E-state index in [4.69, 9.17) is 14.9 Å². The average molecular weight is 271 g/mol. The zero-order valence-corrected chi connectivity index (χ0v) is 11.0. The van der Waals surface area contributed by atoms with Crippen LogP contribution in [-0.2, 0) is 14.3 Å². The first kappa shape index (κ1) is 14.3. The van der Waals surface area contributed by atoms with E-state index in [9.17, 15) is 9.59 Å². The number of aliphatic carboxylic acids is 1. The van der Waals surface area contributed by atoms with Gasteiger partial charge in [-0.3, -0.25) is 4.79 Å². The predicted octanol–water partition coefficient (Wildman–Crippen LogP) is 0.240. The average Bonchev–Trinajstić information content (AvgIpc) is 2.88. The van der Waals surface area contributed by atoms with Crippen LogP contribution in [0.5, 0.6) is 0 Å². The maximum Gasteiger partial charge on any atom is 0.332 e. The molecule has 2 rings (SSSR count). The number of carbonyl (C=O) groups excluding carboxylic acids is 1. The van der Waals surface area contributed by atoms with Gasteiger partial charge in [0.25, 0.3) is 5.91 Å². The fourth-order valence-electron chi connectivity index (χ4n) is 2.89. The molecule has 0 aliphatic carbocycles. The van der Waals surface area contributed by atoms with Gasteiger partial charge in [-0.05, 0) is 38.0 Å². The molecule has 6 heteroatoms. The van der Waals surface area contributed by atoms with Crippen LogP contribution in [0.1, 0.15) is 32.1 Å². The molecule has 0 spiro atoms. The Morgan fingerprint density at radius 3 is 2.58 bits per heavy atom. The van der Waals surface area contributed by atoms with Crippen molar-refractivity contribution < 1.29 is 24.5 Å². The number of rotatable bonds is 4. The maximum absolute atomic E-state index is 12.3. The minimum Gasteiger partial charge on any atom is -0.479 e.